The number of hydrogen-bond acceptors (Lipinski definition) is 6. The van der Waals surface area contributed by atoms with Crippen molar-refractivity contribution in [3.05, 3.63) is 57.8 Å². The van der Waals surface area contributed by atoms with E-state index in [0.29, 0.717) is 5.75 Å². The minimum atomic E-state index is -0.702. The molecule has 1 aromatic carbocycles. The highest BCUT2D eigenvalue weighted by Crippen LogP contribution is 2.32. The Hall–Kier alpha value is -2.96. The van der Waals surface area contributed by atoms with Gasteiger partial charge in [0.1, 0.15) is 5.75 Å². The van der Waals surface area contributed by atoms with Crippen molar-refractivity contribution < 1.29 is 19.2 Å². The normalized spacial score (nSPS) is 11.0. The Morgan fingerprint density at radius 1 is 1.25 bits per heavy atom. The van der Waals surface area contributed by atoms with E-state index in [0.717, 1.165) is 11.6 Å². The molecule has 0 aliphatic rings. The number of rotatable bonds is 4. The summed E-state index contributed by atoms with van der Waals surface area (Å²) in [6.07, 6.45) is 1.18. The molecular formula is C17H18N2O5. The van der Waals surface area contributed by atoms with Gasteiger partial charge in [0.2, 0.25) is 0 Å². The smallest absolute Gasteiger partial charge is 0.339 e. The van der Waals surface area contributed by atoms with Crippen molar-refractivity contribution in [1.82, 2.24) is 4.98 Å². The van der Waals surface area contributed by atoms with Gasteiger partial charge in [0.15, 0.2) is 0 Å². The predicted octanol–water partition coefficient (Wildman–Crippen LogP) is 3.87. The molecule has 0 radical (unpaired) electrons. The van der Waals surface area contributed by atoms with Gasteiger partial charge in [0, 0.05) is 12.3 Å². The van der Waals surface area contributed by atoms with Crippen LogP contribution in [0.3, 0.4) is 0 Å². The molecule has 1 aromatic heterocycles. The highest BCUT2D eigenvalue weighted by molar-refractivity contribution is 5.89. The fourth-order valence-electron chi connectivity index (χ4n) is 2.02. The second kappa shape index (κ2) is 6.66. The second-order valence-corrected chi connectivity index (χ2v) is 6.18. The van der Waals surface area contributed by atoms with Gasteiger partial charge in [0.25, 0.3) is 5.88 Å². The van der Waals surface area contributed by atoms with Crippen molar-refractivity contribution in [2.24, 2.45) is 0 Å². The summed E-state index contributed by atoms with van der Waals surface area (Å²) in [4.78, 5) is 26.0. The van der Waals surface area contributed by atoms with Gasteiger partial charge in [-0.1, -0.05) is 32.9 Å². The van der Waals surface area contributed by atoms with E-state index >= 15 is 0 Å². The average Bonchev–Trinajstić information content (AvgIpc) is 2.53. The second-order valence-electron chi connectivity index (χ2n) is 6.18. The molecule has 0 bridgehead atoms. The lowest BCUT2D eigenvalue weighted by Gasteiger charge is -2.19. The summed E-state index contributed by atoms with van der Waals surface area (Å²) in [7, 11) is 1.19. The summed E-state index contributed by atoms with van der Waals surface area (Å²) in [6, 6.07) is 8.34. The largest absolute Gasteiger partial charge is 0.465 e. The zero-order valence-electron chi connectivity index (χ0n) is 13.9. The molecule has 7 nitrogen and oxygen atoms in total. The van der Waals surface area contributed by atoms with Gasteiger partial charge in [0.05, 0.1) is 17.6 Å². The molecule has 0 atom stereocenters. The monoisotopic (exact) mass is 330 g/mol. The standard InChI is InChI=1S/C17H18N2O5/c1-17(2,3)12-6-5-7-13(9-12)24-15-14(19(21)22)8-11(10-18-15)16(20)23-4/h5-10H,1-4H3. The van der Waals surface area contributed by atoms with Gasteiger partial charge in [-0.15, -0.1) is 0 Å². The molecule has 0 saturated carbocycles. The quantitative estimate of drug-likeness (QED) is 0.480. The highest BCUT2D eigenvalue weighted by Gasteiger charge is 2.22. The number of carbonyl (C=O) groups excluding carboxylic acids is 1. The van der Waals surface area contributed by atoms with Crippen LogP contribution in [0.25, 0.3) is 0 Å². The summed E-state index contributed by atoms with van der Waals surface area (Å²) in [5.41, 5.74) is 0.515. The number of carbonyl (C=O) groups is 1. The van der Waals surface area contributed by atoms with E-state index < -0.39 is 16.6 Å². The van der Waals surface area contributed by atoms with Crippen LogP contribution in [-0.4, -0.2) is 23.0 Å². The lowest BCUT2D eigenvalue weighted by atomic mass is 9.87. The van der Waals surface area contributed by atoms with E-state index in [2.05, 4.69) is 30.5 Å². The third-order valence-corrected chi connectivity index (χ3v) is 3.36. The Labute approximate surface area is 139 Å². The molecule has 1 heterocycles. The van der Waals surface area contributed by atoms with Crippen LogP contribution in [0.2, 0.25) is 0 Å². The fraction of sp³-hybridized carbons (Fsp3) is 0.294. The Kier molecular flexibility index (Phi) is 4.82. The highest BCUT2D eigenvalue weighted by atomic mass is 16.6. The average molecular weight is 330 g/mol. The van der Waals surface area contributed by atoms with Crippen molar-refractivity contribution in [3.63, 3.8) is 0 Å². The van der Waals surface area contributed by atoms with Crippen LogP contribution in [0.5, 0.6) is 11.6 Å². The summed E-state index contributed by atoms with van der Waals surface area (Å²) in [5.74, 6) is -0.450. The maximum atomic E-state index is 11.5. The van der Waals surface area contributed by atoms with Crippen LogP contribution in [0.4, 0.5) is 5.69 Å². The van der Waals surface area contributed by atoms with E-state index in [1.54, 1.807) is 12.1 Å². The molecule has 0 fully saturated rings. The molecule has 2 aromatic rings. The maximum absolute atomic E-state index is 11.5. The Bertz CT molecular complexity index is 781. The minimum absolute atomic E-state index is 0.0139. The molecule has 7 heteroatoms. The number of pyridine rings is 1. The number of aromatic nitrogens is 1. The number of ether oxygens (including phenoxy) is 2. The number of nitrogens with zero attached hydrogens (tertiary/aromatic N) is 2. The van der Waals surface area contributed by atoms with E-state index in [1.807, 2.05) is 12.1 Å². The van der Waals surface area contributed by atoms with Gasteiger partial charge in [-0.25, -0.2) is 9.78 Å². The number of benzene rings is 1. The van der Waals surface area contributed by atoms with Crippen molar-refractivity contribution in [2.75, 3.05) is 7.11 Å². The molecule has 0 unspecified atom stereocenters. The van der Waals surface area contributed by atoms with Crippen LogP contribution in [0.15, 0.2) is 36.5 Å². The maximum Gasteiger partial charge on any atom is 0.339 e. The van der Waals surface area contributed by atoms with Gasteiger partial charge in [-0.2, -0.15) is 0 Å². The molecular weight excluding hydrogens is 312 g/mol. The molecule has 126 valence electrons. The van der Waals surface area contributed by atoms with Gasteiger partial charge >= 0.3 is 11.7 Å². The molecule has 0 saturated heterocycles. The van der Waals surface area contributed by atoms with E-state index in [1.165, 1.54) is 13.3 Å². The number of nitro groups is 1. The SMILES string of the molecule is COC(=O)c1cnc(Oc2cccc(C(C)(C)C)c2)c([N+](=O)[O-])c1. The summed E-state index contributed by atoms with van der Waals surface area (Å²) in [6.45, 7) is 6.16. The molecule has 0 spiro atoms. The van der Waals surface area contributed by atoms with Crippen LogP contribution in [0, 0.1) is 10.1 Å². The van der Waals surface area contributed by atoms with Crippen molar-refractivity contribution in [2.45, 2.75) is 26.2 Å². The number of methoxy groups -OCH3 is 1. The van der Waals surface area contributed by atoms with Crippen LogP contribution in [-0.2, 0) is 10.2 Å². The first-order valence-corrected chi connectivity index (χ1v) is 7.23. The fourth-order valence-corrected chi connectivity index (χ4v) is 2.02. The van der Waals surface area contributed by atoms with Gasteiger partial charge in [-0.05, 0) is 23.1 Å². The van der Waals surface area contributed by atoms with Crippen LogP contribution >= 0.6 is 0 Å². The minimum Gasteiger partial charge on any atom is -0.465 e. The number of hydrogen-bond donors (Lipinski definition) is 0. The van der Waals surface area contributed by atoms with Crippen LogP contribution in [0.1, 0.15) is 36.7 Å². The summed E-state index contributed by atoms with van der Waals surface area (Å²) in [5, 5.41) is 11.2. The van der Waals surface area contributed by atoms with Crippen molar-refractivity contribution in [1.29, 1.82) is 0 Å². The first kappa shape index (κ1) is 17.4. The Morgan fingerprint density at radius 2 is 1.96 bits per heavy atom. The summed E-state index contributed by atoms with van der Waals surface area (Å²) < 4.78 is 10.1. The van der Waals surface area contributed by atoms with Crippen molar-refractivity contribution in [3.8, 4) is 11.6 Å². The Morgan fingerprint density at radius 3 is 2.54 bits per heavy atom. The zero-order valence-corrected chi connectivity index (χ0v) is 13.9. The van der Waals surface area contributed by atoms with Gasteiger partial charge in [-0.3, -0.25) is 10.1 Å². The van der Waals surface area contributed by atoms with E-state index in [-0.39, 0.29) is 16.9 Å². The number of esters is 1. The molecule has 0 N–H and O–H groups in total. The molecule has 2 rings (SSSR count). The first-order valence-electron chi connectivity index (χ1n) is 7.23. The summed E-state index contributed by atoms with van der Waals surface area (Å²) >= 11 is 0. The first-order chi connectivity index (χ1) is 11.2. The topological polar surface area (TPSA) is 91.6 Å². The third-order valence-electron chi connectivity index (χ3n) is 3.36. The van der Waals surface area contributed by atoms with Gasteiger partial charge < -0.3 is 9.47 Å². The molecule has 0 aliphatic heterocycles. The zero-order chi connectivity index (χ0) is 17.9. The van der Waals surface area contributed by atoms with Crippen molar-refractivity contribution >= 4 is 11.7 Å². The van der Waals surface area contributed by atoms with Crippen LogP contribution < -0.4 is 4.74 Å². The van der Waals surface area contributed by atoms with E-state index in [9.17, 15) is 14.9 Å². The van der Waals surface area contributed by atoms with E-state index in [4.69, 9.17) is 4.74 Å². The third kappa shape index (κ3) is 3.87. The molecule has 24 heavy (non-hydrogen) atoms. The lowest BCUT2D eigenvalue weighted by molar-refractivity contribution is -0.386. The molecule has 0 aliphatic carbocycles. The lowest BCUT2D eigenvalue weighted by Crippen LogP contribution is -2.10. The molecule has 0 amide bonds. The Balaban J connectivity index is 2.39. The predicted molar refractivity (Wildman–Crippen MR) is 87.4 cm³/mol.